The lowest BCUT2D eigenvalue weighted by Crippen LogP contribution is -2.51. The van der Waals surface area contributed by atoms with Gasteiger partial charge in [0, 0.05) is 12.6 Å². The molecular weight excluding hydrogens is 206 g/mol. The van der Waals surface area contributed by atoms with Crippen LogP contribution in [-0.2, 0) is 0 Å². The second-order valence-electron chi connectivity index (χ2n) is 8.36. The Balaban J connectivity index is 1.55. The highest BCUT2D eigenvalue weighted by atomic mass is 15.0. The predicted molar refractivity (Wildman–Crippen MR) is 70.7 cm³/mol. The molecule has 1 heteroatoms. The summed E-state index contributed by atoms with van der Waals surface area (Å²) in [7, 11) is 0. The normalized spacial score (nSPS) is 55.4. The molecule has 0 aromatic rings. The number of hydrogen-bond donors (Lipinski definition) is 1. The van der Waals surface area contributed by atoms with Crippen molar-refractivity contribution >= 4 is 0 Å². The predicted octanol–water partition coefficient (Wildman–Crippen LogP) is 3.45. The maximum atomic E-state index is 3.87. The van der Waals surface area contributed by atoms with Crippen LogP contribution in [0.3, 0.4) is 0 Å². The van der Waals surface area contributed by atoms with Gasteiger partial charge in [-0.3, -0.25) is 0 Å². The first-order valence-corrected chi connectivity index (χ1v) is 7.84. The van der Waals surface area contributed by atoms with E-state index in [1.807, 2.05) is 0 Å². The fourth-order valence-electron chi connectivity index (χ4n) is 6.04. The van der Waals surface area contributed by atoms with Crippen molar-refractivity contribution in [3.05, 3.63) is 0 Å². The number of hydrogen-bond acceptors (Lipinski definition) is 1. The molecule has 4 bridgehead atoms. The molecule has 4 saturated carbocycles. The van der Waals surface area contributed by atoms with Crippen LogP contribution in [-0.4, -0.2) is 12.6 Å². The summed E-state index contributed by atoms with van der Waals surface area (Å²) in [5.41, 5.74) is 0.555. The Hall–Kier alpha value is -0.0400. The highest BCUT2D eigenvalue weighted by molar-refractivity contribution is 5.04. The maximum absolute atomic E-state index is 3.87. The lowest BCUT2D eigenvalue weighted by molar-refractivity contribution is -0.0501. The van der Waals surface area contributed by atoms with Crippen molar-refractivity contribution in [1.29, 1.82) is 0 Å². The smallest absolute Gasteiger partial charge is 0.0106 e. The molecule has 1 N–H and O–H groups in total. The summed E-state index contributed by atoms with van der Waals surface area (Å²) >= 11 is 0. The summed E-state index contributed by atoms with van der Waals surface area (Å²) in [6.07, 6.45) is 9.34. The van der Waals surface area contributed by atoms with E-state index in [-0.39, 0.29) is 0 Å². The Morgan fingerprint density at radius 3 is 1.94 bits per heavy atom. The summed E-state index contributed by atoms with van der Waals surface area (Å²) in [6, 6.07) is 0.861. The highest BCUT2D eigenvalue weighted by Gasteiger charge is 2.52. The topological polar surface area (TPSA) is 12.0 Å². The monoisotopic (exact) mass is 233 g/mol. The lowest BCUT2D eigenvalue weighted by atomic mass is 9.50. The van der Waals surface area contributed by atoms with Crippen molar-refractivity contribution in [1.82, 2.24) is 5.32 Å². The van der Waals surface area contributed by atoms with Crippen LogP contribution in [0.1, 0.15) is 52.4 Å². The quantitative estimate of drug-likeness (QED) is 0.731. The molecule has 0 radical (unpaired) electrons. The molecule has 5 rings (SSSR count). The van der Waals surface area contributed by atoms with Crippen LogP contribution >= 0.6 is 0 Å². The zero-order valence-corrected chi connectivity index (χ0v) is 11.4. The second-order valence-corrected chi connectivity index (χ2v) is 8.36. The van der Waals surface area contributed by atoms with Gasteiger partial charge in [0.05, 0.1) is 0 Å². The standard InChI is InChI=1S/C16H27N/c1-16(2)8-14(17-9-16)15-12-4-10-3-11(6-12)7-13(15)5-10/h10-15,17H,3-9H2,1-2H3. The Bertz CT molecular complexity index is 291. The van der Waals surface area contributed by atoms with E-state index in [2.05, 4.69) is 19.2 Å². The minimum absolute atomic E-state index is 0.555. The van der Waals surface area contributed by atoms with E-state index >= 15 is 0 Å². The third-order valence-corrected chi connectivity index (χ3v) is 6.38. The van der Waals surface area contributed by atoms with Crippen molar-refractivity contribution in [2.24, 2.45) is 35.0 Å². The van der Waals surface area contributed by atoms with E-state index in [0.717, 1.165) is 35.6 Å². The number of nitrogens with one attached hydrogen (secondary N) is 1. The van der Waals surface area contributed by atoms with Gasteiger partial charge in [0.25, 0.3) is 0 Å². The van der Waals surface area contributed by atoms with Crippen molar-refractivity contribution < 1.29 is 0 Å². The molecule has 1 atom stereocenters. The minimum Gasteiger partial charge on any atom is -0.313 e. The molecule has 1 nitrogen and oxygen atoms in total. The third kappa shape index (κ3) is 1.69. The van der Waals surface area contributed by atoms with Gasteiger partial charge in [-0.1, -0.05) is 13.8 Å². The lowest BCUT2D eigenvalue weighted by Gasteiger charge is -2.56. The van der Waals surface area contributed by atoms with Gasteiger partial charge in [0.15, 0.2) is 0 Å². The second kappa shape index (κ2) is 3.50. The van der Waals surface area contributed by atoms with Gasteiger partial charge in [0.2, 0.25) is 0 Å². The average Bonchev–Trinajstić information content (AvgIpc) is 2.57. The Labute approximate surface area is 106 Å². The molecule has 1 heterocycles. The first-order chi connectivity index (χ1) is 8.11. The molecule has 0 aromatic carbocycles. The number of rotatable bonds is 1. The molecule has 1 unspecified atom stereocenters. The fraction of sp³-hybridized carbons (Fsp3) is 1.00. The molecule has 4 aliphatic carbocycles. The van der Waals surface area contributed by atoms with Crippen molar-refractivity contribution in [2.45, 2.75) is 58.4 Å². The van der Waals surface area contributed by atoms with Gasteiger partial charge in [-0.15, -0.1) is 0 Å². The van der Waals surface area contributed by atoms with Crippen LogP contribution in [0.4, 0.5) is 0 Å². The maximum Gasteiger partial charge on any atom is 0.0106 e. The summed E-state index contributed by atoms with van der Waals surface area (Å²) in [5, 5.41) is 3.87. The van der Waals surface area contributed by atoms with Crippen LogP contribution in [0.15, 0.2) is 0 Å². The van der Waals surface area contributed by atoms with E-state index in [9.17, 15) is 0 Å². The van der Waals surface area contributed by atoms with E-state index in [1.54, 1.807) is 32.1 Å². The molecular formula is C16H27N. The van der Waals surface area contributed by atoms with Crippen LogP contribution in [0.5, 0.6) is 0 Å². The van der Waals surface area contributed by atoms with Gasteiger partial charge < -0.3 is 5.32 Å². The molecule has 5 fully saturated rings. The van der Waals surface area contributed by atoms with Crippen LogP contribution in [0.2, 0.25) is 0 Å². The molecule has 96 valence electrons. The fourth-order valence-corrected chi connectivity index (χ4v) is 6.04. The summed E-state index contributed by atoms with van der Waals surface area (Å²) < 4.78 is 0. The van der Waals surface area contributed by atoms with E-state index in [4.69, 9.17) is 0 Å². The third-order valence-electron chi connectivity index (χ3n) is 6.38. The van der Waals surface area contributed by atoms with Gasteiger partial charge in [-0.05, 0) is 73.5 Å². The first kappa shape index (κ1) is 10.8. The minimum atomic E-state index is 0.555. The molecule has 1 aliphatic heterocycles. The largest absolute Gasteiger partial charge is 0.313 e. The summed E-state index contributed by atoms with van der Waals surface area (Å²) in [5.74, 6) is 5.49. The summed E-state index contributed by atoms with van der Waals surface area (Å²) in [6.45, 7) is 6.13. The Morgan fingerprint density at radius 1 is 0.882 bits per heavy atom. The molecule has 0 spiro atoms. The van der Waals surface area contributed by atoms with Crippen LogP contribution < -0.4 is 5.32 Å². The van der Waals surface area contributed by atoms with E-state index in [1.165, 1.54) is 13.0 Å². The Kier molecular flexibility index (Phi) is 2.23. The first-order valence-electron chi connectivity index (χ1n) is 7.84. The SMILES string of the molecule is CC1(C)CNC(C2C3CC4CC(C3)CC2C4)C1. The zero-order valence-electron chi connectivity index (χ0n) is 11.4. The van der Waals surface area contributed by atoms with Crippen LogP contribution in [0.25, 0.3) is 0 Å². The van der Waals surface area contributed by atoms with Gasteiger partial charge >= 0.3 is 0 Å². The van der Waals surface area contributed by atoms with Gasteiger partial charge in [-0.2, -0.15) is 0 Å². The molecule has 0 aromatic heterocycles. The van der Waals surface area contributed by atoms with E-state index in [0.29, 0.717) is 5.41 Å². The van der Waals surface area contributed by atoms with Crippen molar-refractivity contribution in [3.8, 4) is 0 Å². The Morgan fingerprint density at radius 2 is 1.47 bits per heavy atom. The molecule has 17 heavy (non-hydrogen) atoms. The van der Waals surface area contributed by atoms with Crippen molar-refractivity contribution in [3.63, 3.8) is 0 Å². The highest BCUT2D eigenvalue weighted by Crippen LogP contribution is 2.58. The molecule has 1 saturated heterocycles. The molecule has 0 amide bonds. The molecule has 5 aliphatic rings. The van der Waals surface area contributed by atoms with Gasteiger partial charge in [0.1, 0.15) is 0 Å². The van der Waals surface area contributed by atoms with Crippen molar-refractivity contribution in [2.75, 3.05) is 6.54 Å². The van der Waals surface area contributed by atoms with E-state index < -0.39 is 0 Å². The zero-order chi connectivity index (χ0) is 11.6. The summed E-state index contributed by atoms with van der Waals surface area (Å²) in [4.78, 5) is 0. The van der Waals surface area contributed by atoms with Crippen LogP contribution in [0, 0.1) is 35.0 Å². The average molecular weight is 233 g/mol. The van der Waals surface area contributed by atoms with Gasteiger partial charge in [-0.25, -0.2) is 0 Å².